The summed E-state index contributed by atoms with van der Waals surface area (Å²) in [6.07, 6.45) is 0.774. The molecule has 12 heteroatoms. The molecule has 4 aromatic rings. The molecule has 0 radical (unpaired) electrons. The first-order chi connectivity index (χ1) is 17.9. The predicted octanol–water partition coefficient (Wildman–Crippen LogP) is 3.48. The van der Waals surface area contributed by atoms with Crippen LogP contribution >= 0.6 is 23.6 Å². The number of morpholine rings is 1. The number of pyridine rings is 1. The van der Waals surface area contributed by atoms with Crippen molar-refractivity contribution in [2.45, 2.75) is 18.8 Å². The zero-order valence-electron chi connectivity index (χ0n) is 19.1. The number of ether oxygens (including phenoxy) is 1. The summed E-state index contributed by atoms with van der Waals surface area (Å²) in [5, 5.41) is 12.5. The van der Waals surface area contributed by atoms with Gasteiger partial charge in [-0.2, -0.15) is 0 Å². The normalized spacial score (nSPS) is 20.4. The van der Waals surface area contributed by atoms with E-state index in [1.165, 1.54) is 28.3 Å². The van der Waals surface area contributed by atoms with Gasteiger partial charge in [-0.1, -0.05) is 18.2 Å². The smallest absolute Gasteiger partial charge is 0.278 e. The summed E-state index contributed by atoms with van der Waals surface area (Å²) in [5.41, 5.74) is 1.30. The van der Waals surface area contributed by atoms with E-state index < -0.39 is 40.9 Å². The summed E-state index contributed by atoms with van der Waals surface area (Å²) in [5.74, 6) is -3.11. The summed E-state index contributed by atoms with van der Waals surface area (Å²) in [6, 6.07) is 8.76. The largest absolute Gasteiger partial charge is 0.502 e. The van der Waals surface area contributed by atoms with Crippen LogP contribution in [0.5, 0.6) is 5.75 Å². The molecule has 3 aliphatic rings. The summed E-state index contributed by atoms with van der Waals surface area (Å²) < 4.78 is 40.4. The summed E-state index contributed by atoms with van der Waals surface area (Å²) in [7, 11) is 0. The summed E-state index contributed by atoms with van der Waals surface area (Å²) in [6.45, 7) is 0.692. The monoisotopic (exact) mass is 540 g/mol. The third-order valence-electron chi connectivity index (χ3n) is 7.29. The molecule has 0 bridgehead atoms. The molecule has 37 heavy (non-hydrogen) atoms. The Labute approximate surface area is 217 Å². The summed E-state index contributed by atoms with van der Waals surface area (Å²) in [4.78, 5) is 27.4. The maximum atomic E-state index is 15.4. The van der Waals surface area contributed by atoms with E-state index >= 15 is 4.39 Å². The van der Waals surface area contributed by atoms with Crippen LogP contribution in [0.4, 0.5) is 8.78 Å². The van der Waals surface area contributed by atoms with Crippen LogP contribution in [0.3, 0.4) is 0 Å². The molecular weight excluding hydrogens is 522 g/mol. The van der Waals surface area contributed by atoms with Crippen LogP contribution in [0.1, 0.15) is 33.2 Å². The molecule has 1 fully saturated rings. The molecule has 3 aliphatic heterocycles. The first-order valence-electron chi connectivity index (χ1n) is 11.6. The molecule has 0 spiro atoms. The van der Waals surface area contributed by atoms with Gasteiger partial charge in [-0.15, -0.1) is 11.3 Å². The third kappa shape index (κ3) is 3.03. The molecule has 2 aromatic heterocycles. The number of carbonyl (C=O) groups is 1. The topological polar surface area (TPSA) is 79.9 Å². The Kier molecular flexibility index (Phi) is 4.85. The van der Waals surface area contributed by atoms with Crippen molar-refractivity contribution in [3.8, 4) is 5.75 Å². The van der Waals surface area contributed by atoms with Gasteiger partial charge < -0.3 is 19.3 Å². The molecular formula is C25H18F2N4O4S2. The number of hydrogen-bond acceptors (Lipinski definition) is 7. The highest BCUT2D eigenvalue weighted by Crippen LogP contribution is 2.43. The average molecular weight is 541 g/mol. The van der Waals surface area contributed by atoms with Crippen LogP contribution < -0.4 is 10.4 Å². The minimum absolute atomic E-state index is 0.0329. The Morgan fingerprint density at radius 2 is 1.95 bits per heavy atom. The Morgan fingerprint density at radius 3 is 2.78 bits per heavy atom. The van der Waals surface area contributed by atoms with E-state index in [0.29, 0.717) is 9.52 Å². The molecule has 5 heterocycles. The van der Waals surface area contributed by atoms with Crippen LogP contribution in [0, 0.1) is 15.6 Å². The van der Waals surface area contributed by atoms with Gasteiger partial charge in [0.05, 0.1) is 30.0 Å². The molecule has 0 aliphatic carbocycles. The van der Waals surface area contributed by atoms with Gasteiger partial charge in [-0.05, 0) is 29.9 Å². The molecule has 7 rings (SSSR count). The molecule has 0 saturated carbocycles. The van der Waals surface area contributed by atoms with Gasteiger partial charge in [-0.25, -0.2) is 8.78 Å². The number of fused-ring (bicyclic) bond motifs is 3. The SMILES string of the molecule is O=C1c2c(O)c(=O)ccn2N(C2c3ccc(F)c(F)c3Cn3c(=S)sc4cccc2c43)[C@@H]2COCCN12. The molecule has 1 N–H and O–H groups in total. The standard InChI is InChI=1S/C25H18F2N4O4S2/c26-15-5-4-12-14(19(15)27)10-29-21-13(2-1-3-17(21)37-25(29)36)20(12)31-18-11-35-9-8-28(18)24(34)22-23(33)16(32)6-7-30(22)31/h1-7,18,20,33H,8-11H2/t18-,20?/m1/s1. The van der Waals surface area contributed by atoms with Crippen molar-refractivity contribution in [2.24, 2.45) is 0 Å². The van der Waals surface area contributed by atoms with Crippen molar-refractivity contribution >= 4 is 39.7 Å². The van der Waals surface area contributed by atoms with Crippen LogP contribution in [-0.2, 0) is 11.3 Å². The lowest BCUT2D eigenvalue weighted by Crippen LogP contribution is -2.66. The number of nitrogens with zero attached hydrogens (tertiary/aromatic N) is 4. The number of para-hydroxylation sites is 1. The number of benzene rings is 2. The van der Waals surface area contributed by atoms with E-state index in [4.69, 9.17) is 17.0 Å². The fourth-order valence-electron chi connectivity index (χ4n) is 5.68. The number of amides is 1. The number of halogens is 2. The van der Waals surface area contributed by atoms with Crippen LogP contribution in [0.15, 0.2) is 47.4 Å². The summed E-state index contributed by atoms with van der Waals surface area (Å²) >= 11 is 6.99. The molecule has 8 nitrogen and oxygen atoms in total. The lowest BCUT2D eigenvalue weighted by Gasteiger charge is -2.51. The zero-order valence-corrected chi connectivity index (χ0v) is 20.7. The van der Waals surface area contributed by atoms with Crippen molar-refractivity contribution in [3.05, 3.63) is 90.8 Å². The van der Waals surface area contributed by atoms with E-state index in [1.54, 1.807) is 20.5 Å². The van der Waals surface area contributed by atoms with E-state index in [0.717, 1.165) is 21.8 Å². The lowest BCUT2D eigenvalue weighted by atomic mass is 9.93. The van der Waals surface area contributed by atoms with Crippen LogP contribution in [0.25, 0.3) is 10.2 Å². The molecule has 1 amide bonds. The molecule has 188 valence electrons. The van der Waals surface area contributed by atoms with Gasteiger partial charge in [0.25, 0.3) is 5.91 Å². The average Bonchev–Trinajstić information content (AvgIpc) is 3.13. The minimum atomic E-state index is -0.973. The number of aromatic hydroxyl groups is 1. The van der Waals surface area contributed by atoms with Crippen molar-refractivity contribution in [2.75, 3.05) is 24.8 Å². The number of thiazole rings is 1. The highest BCUT2D eigenvalue weighted by Gasteiger charge is 2.46. The van der Waals surface area contributed by atoms with Gasteiger partial charge in [0.15, 0.2) is 27.0 Å². The van der Waals surface area contributed by atoms with Gasteiger partial charge >= 0.3 is 0 Å². The number of carbonyl (C=O) groups excluding carboxylic acids is 1. The number of aromatic nitrogens is 2. The molecule has 2 aromatic carbocycles. The van der Waals surface area contributed by atoms with Gasteiger partial charge in [0, 0.05) is 29.9 Å². The Morgan fingerprint density at radius 1 is 1.11 bits per heavy atom. The van der Waals surface area contributed by atoms with E-state index in [1.807, 2.05) is 18.2 Å². The predicted molar refractivity (Wildman–Crippen MR) is 134 cm³/mol. The van der Waals surface area contributed by atoms with Crippen molar-refractivity contribution in [3.63, 3.8) is 0 Å². The van der Waals surface area contributed by atoms with Gasteiger partial charge in [0.2, 0.25) is 5.43 Å². The van der Waals surface area contributed by atoms with Crippen molar-refractivity contribution in [1.82, 2.24) is 14.1 Å². The minimum Gasteiger partial charge on any atom is -0.502 e. The van der Waals surface area contributed by atoms with Crippen LogP contribution in [0.2, 0.25) is 0 Å². The lowest BCUT2D eigenvalue weighted by molar-refractivity contribution is -0.0196. The second kappa shape index (κ2) is 7.94. The van der Waals surface area contributed by atoms with E-state index in [2.05, 4.69) is 0 Å². The van der Waals surface area contributed by atoms with Gasteiger partial charge in [0.1, 0.15) is 12.2 Å². The highest BCUT2D eigenvalue weighted by molar-refractivity contribution is 7.73. The Hall–Kier alpha value is -3.61. The Balaban J connectivity index is 1.61. The molecule has 1 saturated heterocycles. The fraction of sp³-hybridized carbons (Fsp3) is 0.240. The first kappa shape index (κ1) is 22.6. The van der Waals surface area contributed by atoms with E-state index in [-0.39, 0.29) is 37.6 Å². The fourth-order valence-corrected chi connectivity index (χ4v) is 7.03. The second-order valence-electron chi connectivity index (χ2n) is 9.14. The third-order valence-corrected chi connectivity index (χ3v) is 8.71. The van der Waals surface area contributed by atoms with Crippen molar-refractivity contribution in [1.29, 1.82) is 0 Å². The van der Waals surface area contributed by atoms with Gasteiger partial charge in [-0.3, -0.25) is 19.3 Å². The molecule has 2 atom stereocenters. The molecule has 1 unspecified atom stereocenters. The van der Waals surface area contributed by atoms with Crippen molar-refractivity contribution < 1.29 is 23.4 Å². The van der Waals surface area contributed by atoms with E-state index in [9.17, 15) is 19.1 Å². The number of rotatable bonds is 1. The Bertz CT molecular complexity index is 1760. The highest BCUT2D eigenvalue weighted by atomic mass is 32.1. The maximum absolute atomic E-state index is 15.4. The number of hydrogen-bond donors (Lipinski definition) is 1. The first-order valence-corrected chi connectivity index (χ1v) is 12.8. The van der Waals surface area contributed by atoms with Crippen LogP contribution in [-0.4, -0.2) is 51.1 Å². The second-order valence-corrected chi connectivity index (χ2v) is 10.8. The quantitative estimate of drug-likeness (QED) is 0.373. The zero-order chi connectivity index (χ0) is 25.6. The maximum Gasteiger partial charge on any atom is 0.278 e.